The van der Waals surface area contributed by atoms with Crippen LogP contribution in [0.2, 0.25) is 0 Å². The van der Waals surface area contributed by atoms with Gasteiger partial charge in [-0.3, -0.25) is 0 Å². The fourth-order valence-corrected chi connectivity index (χ4v) is 1.92. The average Bonchev–Trinajstić information content (AvgIpc) is 2.34. The van der Waals surface area contributed by atoms with E-state index in [0.29, 0.717) is 12.5 Å². The smallest absolute Gasteiger partial charge is 0.0617 e. The summed E-state index contributed by atoms with van der Waals surface area (Å²) in [6, 6.07) is 0.185. The molecule has 2 atom stereocenters. The second-order valence-electron chi connectivity index (χ2n) is 5.00. The van der Waals surface area contributed by atoms with Crippen molar-refractivity contribution in [2.75, 3.05) is 19.8 Å². The van der Waals surface area contributed by atoms with E-state index in [2.05, 4.69) is 13.8 Å². The van der Waals surface area contributed by atoms with Crippen LogP contribution in [-0.2, 0) is 4.74 Å². The van der Waals surface area contributed by atoms with Crippen molar-refractivity contribution in [3.8, 4) is 0 Å². The minimum atomic E-state index is 0.185. The first-order valence-corrected chi connectivity index (χ1v) is 7.27. The number of hydrogen-bond donors (Lipinski definition) is 2. The first kappa shape index (κ1) is 16.9. The molecule has 2 unspecified atom stereocenters. The van der Waals surface area contributed by atoms with Crippen LogP contribution in [0.15, 0.2) is 0 Å². The van der Waals surface area contributed by atoms with E-state index in [9.17, 15) is 0 Å². The predicted octanol–water partition coefficient (Wildman–Crippen LogP) is 2.68. The minimum absolute atomic E-state index is 0.185. The van der Waals surface area contributed by atoms with Crippen LogP contribution in [0.5, 0.6) is 0 Å². The topological polar surface area (TPSA) is 61.3 Å². The van der Waals surface area contributed by atoms with Crippen molar-refractivity contribution in [3.05, 3.63) is 0 Å². The van der Waals surface area contributed by atoms with Gasteiger partial charge in [0.05, 0.1) is 6.61 Å². The van der Waals surface area contributed by atoms with Crippen molar-refractivity contribution in [3.63, 3.8) is 0 Å². The highest BCUT2D eigenvalue weighted by Crippen LogP contribution is 2.13. The fourth-order valence-electron chi connectivity index (χ4n) is 1.92. The number of ether oxygens (including phenoxy) is 1. The van der Waals surface area contributed by atoms with Gasteiger partial charge in [-0.05, 0) is 31.7 Å². The first-order valence-electron chi connectivity index (χ1n) is 7.27. The Bertz CT molecular complexity index is 153. The molecule has 4 N–H and O–H groups in total. The van der Waals surface area contributed by atoms with E-state index < -0.39 is 0 Å². The van der Waals surface area contributed by atoms with Crippen molar-refractivity contribution in [1.29, 1.82) is 0 Å². The van der Waals surface area contributed by atoms with Crippen LogP contribution >= 0.6 is 0 Å². The normalized spacial score (nSPS) is 14.8. The zero-order valence-electron chi connectivity index (χ0n) is 11.8. The molecule has 0 amide bonds. The second kappa shape index (κ2) is 12.3. The quantitative estimate of drug-likeness (QED) is 0.519. The van der Waals surface area contributed by atoms with Gasteiger partial charge in [-0.2, -0.15) is 0 Å². The highest BCUT2D eigenvalue weighted by molar-refractivity contribution is 4.62. The molecule has 0 fully saturated rings. The molecule has 0 rings (SSSR count). The minimum Gasteiger partial charge on any atom is -0.380 e. The zero-order valence-corrected chi connectivity index (χ0v) is 11.8. The molecule has 0 saturated heterocycles. The third kappa shape index (κ3) is 10.7. The predicted molar refractivity (Wildman–Crippen MR) is 75.0 cm³/mol. The highest BCUT2D eigenvalue weighted by atomic mass is 16.5. The summed E-state index contributed by atoms with van der Waals surface area (Å²) >= 11 is 0. The van der Waals surface area contributed by atoms with Crippen molar-refractivity contribution >= 4 is 0 Å². The molecule has 0 saturated carbocycles. The van der Waals surface area contributed by atoms with E-state index in [-0.39, 0.29) is 6.04 Å². The van der Waals surface area contributed by atoms with Gasteiger partial charge in [-0.15, -0.1) is 0 Å². The lowest BCUT2D eigenvalue weighted by Crippen LogP contribution is -2.27. The lowest BCUT2D eigenvalue weighted by molar-refractivity contribution is 0.0819. The molecule has 0 spiro atoms. The Balaban J connectivity index is 3.45. The zero-order chi connectivity index (χ0) is 12.9. The Morgan fingerprint density at radius 2 is 1.76 bits per heavy atom. The molecule has 17 heavy (non-hydrogen) atoms. The van der Waals surface area contributed by atoms with E-state index >= 15 is 0 Å². The average molecular weight is 244 g/mol. The van der Waals surface area contributed by atoms with Crippen LogP contribution in [0.25, 0.3) is 0 Å². The van der Waals surface area contributed by atoms with Crippen LogP contribution in [0.4, 0.5) is 0 Å². The summed E-state index contributed by atoms with van der Waals surface area (Å²) in [5.74, 6) is 0.714. The Kier molecular flexibility index (Phi) is 12.3. The number of nitrogens with two attached hydrogens (primary N) is 2. The largest absolute Gasteiger partial charge is 0.380 e. The summed E-state index contributed by atoms with van der Waals surface area (Å²) in [6.07, 6.45) is 8.30. The van der Waals surface area contributed by atoms with Gasteiger partial charge < -0.3 is 16.2 Å². The first-order chi connectivity index (χ1) is 8.24. The number of unbranched alkanes of at least 4 members (excludes halogenated alkanes) is 2. The van der Waals surface area contributed by atoms with Gasteiger partial charge in [0.1, 0.15) is 0 Å². The van der Waals surface area contributed by atoms with E-state index in [1.807, 2.05) is 0 Å². The van der Waals surface area contributed by atoms with E-state index in [4.69, 9.17) is 16.2 Å². The van der Waals surface area contributed by atoms with E-state index in [0.717, 1.165) is 32.4 Å². The SMILES string of the molecule is CCCCC(CC)COCC(N)CCCCN. The maximum atomic E-state index is 5.98. The van der Waals surface area contributed by atoms with Gasteiger partial charge in [0.25, 0.3) is 0 Å². The summed E-state index contributed by atoms with van der Waals surface area (Å²) in [7, 11) is 0. The van der Waals surface area contributed by atoms with Gasteiger partial charge in [-0.25, -0.2) is 0 Å². The molecule has 0 bridgehead atoms. The maximum absolute atomic E-state index is 5.98. The second-order valence-corrected chi connectivity index (χ2v) is 5.00. The van der Waals surface area contributed by atoms with Crippen LogP contribution in [0, 0.1) is 5.92 Å². The summed E-state index contributed by atoms with van der Waals surface area (Å²) in [5.41, 5.74) is 11.4. The molecule has 0 heterocycles. The summed E-state index contributed by atoms with van der Waals surface area (Å²) in [6.45, 7) is 6.82. The molecule has 3 heteroatoms. The van der Waals surface area contributed by atoms with Gasteiger partial charge >= 0.3 is 0 Å². The highest BCUT2D eigenvalue weighted by Gasteiger charge is 2.08. The lowest BCUT2D eigenvalue weighted by Gasteiger charge is -2.17. The third-order valence-corrected chi connectivity index (χ3v) is 3.26. The molecule has 0 radical (unpaired) electrons. The molecule has 0 aliphatic heterocycles. The molecular formula is C14H32N2O. The van der Waals surface area contributed by atoms with Crippen molar-refractivity contribution in [2.45, 2.75) is 64.8 Å². The Morgan fingerprint density at radius 1 is 1.00 bits per heavy atom. The van der Waals surface area contributed by atoms with Crippen molar-refractivity contribution < 1.29 is 4.74 Å². The Hall–Kier alpha value is -0.120. The van der Waals surface area contributed by atoms with Gasteiger partial charge in [0.15, 0.2) is 0 Å². The molecule has 0 aliphatic rings. The third-order valence-electron chi connectivity index (χ3n) is 3.26. The summed E-state index contributed by atoms with van der Waals surface area (Å²) < 4.78 is 5.72. The summed E-state index contributed by atoms with van der Waals surface area (Å²) in [4.78, 5) is 0. The molecule has 3 nitrogen and oxygen atoms in total. The van der Waals surface area contributed by atoms with Crippen LogP contribution in [-0.4, -0.2) is 25.8 Å². The van der Waals surface area contributed by atoms with Crippen molar-refractivity contribution in [2.24, 2.45) is 17.4 Å². The van der Waals surface area contributed by atoms with Gasteiger partial charge in [0, 0.05) is 12.6 Å². The standard InChI is InChI=1S/C14H32N2O/c1-3-5-8-13(4-2)11-17-12-14(16)9-6-7-10-15/h13-14H,3-12,15-16H2,1-2H3. The van der Waals surface area contributed by atoms with E-state index in [1.54, 1.807) is 0 Å². The molecule has 0 aromatic heterocycles. The van der Waals surface area contributed by atoms with Gasteiger partial charge in [0.2, 0.25) is 0 Å². The lowest BCUT2D eigenvalue weighted by atomic mass is 10.0. The summed E-state index contributed by atoms with van der Waals surface area (Å²) in [5, 5.41) is 0. The van der Waals surface area contributed by atoms with Crippen molar-refractivity contribution in [1.82, 2.24) is 0 Å². The Morgan fingerprint density at radius 3 is 2.35 bits per heavy atom. The van der Waals surface area contributed by atoms with Crippen LogP contribution in [0.1, 0.15) is 58.8 Å². The molecule has 0 aromatic carbocycles. The number of rotatable bonds is 12. The fraction of sp³-hybridized carbons (Fsp3) is 1.00. The molecule has 0 aromatic rings. The monoisotopic (exact) mass is 244 g/mol. The van der Waals surface area contributed by atoms with Gasteiger partial charge in [-0.1, -0.05) is 39.5 Å². The van der Waals surface area contributed by atoms with Crippen LogP contribution in [0.3, 0.4) is 0 Å². The maximum Gasteiger partial charge on any atom is 0.0617 e. The van der Waals surface area contributed by atoms with E-state index in [1.165, 1.54) is 25.7 Å². The number of hydrogen-bond acceptors (Lipinski definition) is 3. The van der Waals surface area contributed by atoms with Crippen LogP contribution < -0.4 is 11.5 Å². The molecular weight excluding hydrogens is 212 g/mol. The molecule has 104 valence electrons. The molecule has 0 aliphatic carbocycles. The Labute approximate surface area is 107 Å².